The maximum atomic E-state index is 12.6. The summed E-state index contributed by atoms with van der Waals surface area (Å²) in [7, 11) is 0. The molecule has 0 aliphatic rings. The standard InChI is InChI=1S/C16H16BrN3O/c1-9(2)15-10(3)18-14-8-13(19-20(14)16(15)21)11-4-6-12(17)7-5-11/h4-9,19H,1-3H3. The third kappa shape index (κ3) is 2.42. The Hall–Kier alpha value is -1.88. The summed E-state index contributed by atoms with van der Waals surface area (Å²) in [5, 5.41) is 3.15. The Labute approximate surface area is 131 Å². The molecule has 0 atom stereocenters. The highest BCUT2D eigenvalue weighted by Gasteiger charge is 2.15. The van der Waals surface area contributed by atoms with Crippen molar-refractivity contribution in [1.82, 2.24) is 14.6 Å². The third-order valence-electron chi connectivity index (χ3n) is 3.57. The van der Waals surface area contributed by atoms with Crippen molar-refractivity contribution in [3.05, 3.63) is 56.4 Å². The third-order valence-corrected chi connectivity index (χ3v) is 4.10. The van der Waals surface area contributed by atoms with Gasteiger partial charge >= 0.3 is 0 Å². The van der Waals surface area contributed by atoms with Crippen molar-refractivity contribution in [2.45, 2.75) is 26.7 Å². The van der Waals surface area contributed by atoms with Crippen molar-refractivity contribution >= 4 is 21.6 Å². The Kier molecular flexibility index (Phi) is 3.45. The molecule has 0 saturated carbocycles. The normalized spacial score (nSPS) is 11.5. The fourth-order valence-corrected chi connectivity index (χ4v) is 2.85. The van der Waals surface area contributed by atoms with E-state index in [9.17, 15) is 4.79 Å². The van der Waals surface area contributed by atoms with Crippen LogP contribution in [0.1, 0.15) is 31.0 Å². The molecule has 1 aromatic carbocycles. The molecule has 4 nitrogen and oxygen atoms in total. The van der Waals surface area contributed by atoms with Gasteiger partial charge in [-0.1, -0.05) is 41.9 Å². The van der Waals surface area contributed by atoms with Crippen molar-refractivity contribution in [3.8, 4) is 11.3 Å². The number of nitrogens with zero attached hydrogens (tertiary/aromatic N) is 2. The van der Waals surface area contributed by atoms with Crippen molar-refractivity contribution < 1.29 is 0 Å². The molecular formula is C16H16BrN3O. The molecule has 0 aliphatic heterocycles. The molecule has 21 heavy (non-hydrogen) atoms. The lowest BCUT2D eigenvalue weighted by atomic mass is 10.0. The van der Waals surface area contributed by atoms with Gasteiger partial charge in [0.05, 0.1) is 5.69 Å². The first-order valence-corrected chi connectivity index (χ1v) is 7.65. The minimum Gasteiger partial charge on any atom is -0.289 e. The smallest absolute Gasteiger partial charge is 0.276 e. The quantitative estimate of drug-likeness (QED) is 0.766. The predicted octanol–water partition coefficient (Wildman–Crippen LogP) is 3.88. The zero-order valence-corrected chi connectivity index (χ0v) is 13.7. The number of aryl methyl sites for hydroxylation is 1. The number of hydrogen-bond donors (Lipinski definition) is 1. The second-order valence-electron chi connectivity index (χ2n) is 5.44. The zero-order valence-electron chi connectivity index (χ0n) is 12.1. The lowest BCUT2D eigenvalue weighted by Gasteiger charge is -2.07. The van der Waals surface area contributed by atoms with E-state index in [1.807, 2.05) is 51.1 Å². The van der Waals surface area contributed by atoms with Gasteiger partial charge in [0, 0.05) is 21.8 Å². The lowest BCUT2D eigenvalue weighted by molar-refractivity contribution is 0.781. The van der Waals surface area contributed by atoms with Gasteiger partial charge in [-0.15, -0.1) is 0 Å². The first-order chi connectivity index (χ1) is 9.97. The molecule has 0 radical (unpaired) electrons. The Balaban J connectivity index is 2.23. The summed E-state index contributed by atoms with van der Waals surface area (Å²) in [6, 6.07) is 9.84. The number of aromatic amines is 1. The van der Waals surface area contributed by atoms with E-state index in [0.717, 1.165) is 27.0 Å². The van der Waals surface area contributed by atoms with E-state index in [-0.39, 0.29) is 11.5 Å². The van der Waals surface area contributed by atoms with Crippen LogP contribution in [0.2, 0.25) is 0 Å². The summed E-state index contributed by atoms with van der Waals surface area (Å²) < 4.78 is 2.55. The highest BCUT2D eigenvalue weighted by molar-refractivity contribution is 9.10. The molecule has 0 saturated heterocycles. The average molecular weight is 346 g/mol. The number of aromatic nitrogens is 3. The van der Waals surface area contributed by atoms with E-state index in [4.69, 9.17) is 0 Å². The fraction of sp³-hybridized carbons (Fsp3) is 0.250. The number of fused-ring (bicyclic) bond motifs is 1. The summed E-state index contributed by atoms with van der Waals surface area (Å²) in [5.41, 5.74) is 4.10. The van der Waals surface area contributed by atoms with Crippen LogP contribution in [0.5, 0.6) is 0 Å². The molecule has 0 spiro atoms. The van der Waals surface area contributed by atoms with Gasteiger partial charge < -0.3 is 0 Å². The van der Waals surface area contributed by atoms with E-state index < -0.39 is 0 Å². The van der Waals surface area contributed by atoms with E-state index in [1.165, 1.54) is 4.52 Å². The molecule has 5 heteroatoms. The Bertz CT molecular complexity index is 860. The molecule has 0 bridgehead atoms. The first kappa shape index (κ1) is 14.1. The number of halogens is 1. The maximum absolute atomic E-state index is 12.6. The van der Waals surface area contributed by atoms with Gasteiger partial charge in [-0.25, -0.2) is 9.50 Å². The molecule has 108 valence electrons. The molecule has 3 rings (SSSR count). The summed E-state index contributed by atoms with van der Waals surface area (Å²) in [5.74, 6) is 0.154. The van der Waals surface area contributed by atoms with Gasteiger partial charge in [-0.2, -0.15) is 0 Å². The number of H-pyrrole nitrogens is 1. The summed E-state index contributed by atoms with van der Waals surface area (Å²) in [6.07, 6.45) is 0. The van der Waals surface area contributed by atoms with Crippen molar-refractivity contribution in [2.24, 2.45) is 0 Å². The molecule has 3 aromatic rings. The Morgan fingerprint density at radius 2 is 1.90 bits per heavy atom. The molecule has 0 fully saturated rings. The first-order valence-electron chi connectivity index (χ1n) is 6.85. The SMILES string of the molecule is Cc1nc2cc(-c3ccc(Br)cc3)[nH]n2c(=O)c1C(C)C. The second kappa shape index (κ2) is 5.15. The topological polar surface area (TPSA) is 50.2 Å². The van der Waals surface area contributed by atoms with Crippen molar-refractivity contribution in [3.63, 3.8) is 0 Å². The number of rotatable bonds is 2. The molecular weight excluding hydrogens is 330 g/mol. The van der Waals surface area contributed by atoms with Crippen LogP contribution in [0.15, 0.2) is 39.6 Å². The van der Waals surface area contributed by atoms with Crippen LogP contribution in [0.4, 0.5) is 0 Å². The number of hydrogen-bond acceptors (Lipinski definition) is 2. The zero-order chi connectivity index (χ0) is 15.1. The minimum absolute atomic E-state index is 0.0177. The van der Waals surface area contributed by atoms with Gasteiger partial charge in [-0.05, 0) is 30.5 Å². The highest BCUT2D eigenvalue weighted by atomic mass is 79.9. The lowest BCUT2D eigenvalue weighted by Crippen LogP contribution is -2.22. The monoisotopic (exact) mass is 345 g/mol. The summed E-state index contributed by atoms with van der Waals surface area (Å²) in [4.78, 5) is 17.1. The van der Waals surface area contributed by atoms with Gasteiger partial charge in [0.25, 0.3) is 5.56 Å². The van der Waals surface area contributed by atoms with Gasteiger partial charge in [0.2, 0.25) is 0 Å². The van der Waals surface area contributed by atoms with Crippen LogP contribution in [0.3, 0.4) is 0 Å². The number of benzene rings is 1. The highest BCUT2D eigenvalue weighted by Crippen LogP contribution is 2.22. The number of nitrogens with one attached hydrogen (secondary N) is 1. The molecule has 2 aromatic heterocycles. The summed E-state index contributed by atoms with van der Waals surface area (Å²) in [6.45, 7) is 5.91. The molecule has 0 aliphatic carbocycles. The van der Waals surface area contributed by atoms with Crippen LogP contribution in [-0.4, -0.2) is 14.6 Å². The maximum Gasteiger partial charge on any atom is 0.276 e. The van der Waals surface area contributed by atoms with Gasteiger partial charge in [-0.3, -0.25) is 9.89 Å². The van der Waals surface area contributed by atoms with Crippen LogP contribution >= 0.6 is 15.9 Å². The van der Waals surface area contributed by atoms with Crippen molar-refractivity contribution in [1.29, 1.82) is 0 Å². The average Bonchev–Trinajstić information content (AvgIpc) is 2.83. The minimum atomic E-state index is -0.0177. The van der Waals surface area contributed by atoms with Crippen LogP contribution in [0, 0.1) is 6.92 Å². The Morgan fingerprint density at radius 3 is 2.52 bits per heavy atom. The van der Waals surface area contributed by atoms with Crippen LogP contribution < -0.4 is 5.56 Å². The molecule has 1 N–H and O–H groups in total. The molecule has 2 heterocycles. The van der Waals surface area contributed by atoms with Gasteiger partial charge in [0.15, 0.2) is 5.65 Å². The van der Waals surface area contributed by atoms with Gasteiger partial charge in [0.1, 0.15) is 0 Å². The second-order valence-corrected chi connectivity index (χ2v) is 6.36. The van der Waals surface area contributed by atoms with Crippen LogP contribution in [-0.2, 0) is 0 Å². The van der Waals surface area contributed by atoms with E-state index in [2.05, 4.69) is 26.0 Å². The van der Waals surface area contributed by atoms with E-state index >= 15 is 0 Å². The van der Waals surface area contributed by atoms with E-state index in [1.54, 1.807) is 0 Å². The van der Waals surface area contributed by atoms with Crippen molar-refractivity contribution in [2.75, 3.05) is 0 Å². The molecule has 0 unspecified atom stereocenters. The Morgan fingerprint density at radius 1 is 1.24 bits per heavy atom. The molecule has 0 amide bonds. The fourth-order valence-electron chi connectivity index (χ4n) is 2.59. The van der Waals surface area contributed by atoms with E-state index in [0.29, 0.717) is 5.65 Å². The largest absolute Gasteiger partial charge is 0.289 e. The summed E-state index contributed by atoms with van der Waals surface area (Å²) >= 11 is 3.42. The van der Waals surface area contributed by atoms with Crippen LogP contribution in [0.25, 0.3) is 16.9 Å². The predicted molar refractivity (Wildman–Crippen MR) is 87.8 cm³/mol.